The summed E-state index contributed by atoms with van der Waals surface area (Å²) in [6, 6.07) is 13.1. The predicted molar refractivity (Wildman–Crippen MR) is 90.6 cm³/mol. The van der Waals surface area contributed by atoms with E-state index >= 15 is 0 Å². The standard InChI is InChI=1S/C18H20F3NOS/c1-13(2)22-11-12-23-16-5-3-4-6-17(16)24-15-9-7-14(8-10-15)18(19,20)21/h3-10,13,22H,11-12H2,1-2H3. The van der Waals surface area contributed by atoms with Crippen LogP contribution in [0.3, 0.4) is 0 Å². The van der Waals surface area contributed by atoms with Gasteiger partial charge in [0.25, 0.3) is 0 Å². The Morgan fingerprint density at radius 1 is 1.04 bits per heavy atom. The SMILES string of the molecule is CC(C)NCCOc1ccccc1Sc1ccc(C(F)(F)F)cc1. The minimum atomic E-state index is -4.31. The number of ether oxygens (including phenoxy) is 1. The van der Waals surface area contributed by atoms with Crippen molar-refractivity contribution in [3.63, 3.8) is 0 Å². The van der Waals surface area contributed by atoms with E-state index in [0.717, 1.165) is 34.2 Å². The van der Waals surface area contributed by atoms with E-state index in [0.29, 0.717) is 12.6 Å². The van der Waals surface area contributed by atoms with Crippen molar-refractivity contribution in [1.29, 1.82) is 0 Å². The summed E-state index contributed by atoms with van der Waals surface area (Å²) in [7, 11) is 0. The lowest BCUT2D eigenvalue weighted by Gasteiger charge is -2.13. The summed E-state index contributed by atoms with van der Waals surface area (Å²) in [5.74, 6) is 0.730. The molecule has 0 aromatic heterocycles. The van der Waals surface area contributed by atoms with Gasteiger partial charge in [-0.1, -0.05) is 37.7 Å². The zero-order valence-electron chi connectivity index (χ0n) is 13.6. The van der Waals surface area contributed by atoms with Gasteiger partial charge in [0, 0.05) is 17.5 Å². The summed E-state index contributed by atoms with van der Waals surface area (Å²) >= 11 is 1.39. The number of hydrogen-bond acceptors (Lipinski definition) is 3. The molecular formula is C18H20F3NOS. The molecule has 0 spiro atoms. The highest BCUT2D eigenvalue weighted by Crippen LogP contribution is 2.36. The zero-order chi connectivity index (χ0) is 17.6. The molecule has 2 rings (SSSR count). The number of alkyl halides is 3. The van der Waals surface area contributed by atoms with Crippen molar-refractivity contribution in [1.82, 2.24) is 5.32 Å². The molecule has 0 aliphatic heterocycles. The van der Waals surface area contributed by atoms with E-state index in [-0.39, 0.29) is 0 Å². The normalized spacial score (nSPS) is 11.8. The van der Waals surface area contributed by atoms with Crippen molar-refractivity contribution in [2.75, 3.05) is 13.2 Å². The van der Waals surface area contributed by atoms with Crippen LogP contribution in [0, 0.1) is 0 Å². The van der Waals surface area contributed by atoms with Gasteiger partial charge in [0.15, 0.2) is 0 Å². The van der Waals surface area contributed by atoms with Gasteiger partial charge in [-0.3, -0.25) is 0 Å². The van der Waals surface area contributed by atoms with Gasteiger partial charge in [0.05, 0.1) is 10.5 Å². The topological polar surface area (TPSA) is 21.3 Å². The molecule has 0 aliphatic rings. The van der Waals surface area contributed by atoms with E-state index < -0.39 is 11.7 Å². The lowest BCUT2D eigenvalue weighted by molar-refractivity contribution is -0.137. The van der Waals surface area contributed by atoms with Crippen molar-refractivity contribution in [2.24, 2.45) is 0 Å². The summed E-state index contributed by atoms with van der Waals surface area (Å²) in [4.78, 5) is 1.61. The molecule has 0 unspecified atom stereocenters. The Bertz CT molecular complexity index is 641. The Morgan fingerprint density at radius 3 is 2.33 bits per heavy atom. The number of halogens is 3. The monoisotopic (exact) mass is 355 g/mol. The molecule has 130 valence electrons. The van der Waals surface area contributed by atoms with E-state index in [1.165, 1.54) is 23.9 Å². The van der Waals surface area contributed by atoms with Crippen LogP contribution in [-0.2, 0) is 6.18 Å². The molecule has 0 radical (unpaired) electrons. The average Bonchev–Trinajstić information content (AvgIpc) is 2.52. The molecule has 2 nitrogen and oxygen atoms in total. The van der Waals surface area contributed by atoms with E-state index in [2.05, 4.69) is 19.2 Å². The number of nitrogens with one attached hydrogen (secondary N) is 1. The van der Waals surface area contributed by atoms with Crippen LogP contribution >= 0.6 is 11.8 Å². The van der Waals surface area contributed by atoms with Crippen LogP contribution in [0.5, 0.6) is 5.75 Å². The number of hydrogen-bond donors (Lipinski definition) is 1. The Hall–Kier alpha value is -1.66. The minimum Gasteiger partial charge on any atom is -0.491 e. The van der Waals surface area contributed by atoms with Crippen LogP contribution < -0.4 is 10.1 Å². The van der Waals surface area contributed by atoms with Gasteiger partial charge >= 0.3 is 6.18 Å². The van der Waals surface area contributed by atoms with E-state index in [4.69, 9.17) is 4.74 Å². The summed E-state index contributed by atoms with van der Waals surface area (Å²) in [5, 5.41) is 3.27. The third-order valence-electron chi connectivity index (χ3n) is 3.17. The van der Waals surface area contributed by atoms with Crippen LogP contribution in [0.1, 0.15) is 19.4 Å². The van der Waals surface area contributed by atoms with Crippen LogP contribution in [-0.4, -0.2) is 19.2 Å². The van der Waals surface area contributed by atoms with E-state index in [1.54, 1.807) is 0 Å². The van der Waals surface area contributed by atoms with Crippen molar-refractivity contribution < 1.29 is 17.9 Å². The maximum atomic E-state index is 12.6. The Kier molecular flexibility index (Phi) is 6.57. The van der Waals surface area contributed by atoms with Gasteiger partial charge < -0.3 is 10.1 Å². The molecule has 0 amide bonds. The second kappa shape index (κ2) is 8.44. The van der Waals surface area contributed by atoms with E-state index in [1.807, 2.05) is 24.3 Å². The Labute approximate surface area is 144 Å². The molecule has 0 heterocycles. The molecule has 0 fully saturated rings. The summed E-state index contributed by atoms with van der Waals surface area (Å²) in [6.07, 6.45) is -4.31. The second-order valence-corrected chi connectivity index (χ2v) is 6.64. The number of rotatable bonds is 7. The fraction of sp³-hybridized carbons (Fsp3) is 0.333. The fourth-order valence-electron chi connectivity index (χ4n) is 2.00. The third-order valence-corrected chi connectivity index (χ3v) is 4.24. The highest BCUT2D eigenvalue weighted by Gasteiger charge is 2.29. The maximum absolute atomic E-state index is 12.6. The first-order valence-electron chi connectivity index (χ1n) is 7.66. The second-order valence-electron chi connectivity index (χ2n) is 5.53. The smallest absolute Gasteiger partial charge is 0.416 e. The van der Waals surface area contributed by atoms with Gasteiger partial charge in [0.1, 0.15) is 12.4 Å². The molecule has 0 saturated carbocycles. The molecule has 6 heteroatoms. The van der Waals surface area contributed by atoms with Crippen LogP contribution in [0.25, 0.3) is 0 Å². The molecule has 24 heavy (non-hydrogen) atoms. The van der Waals surface area contributed by atoms with Gasteiger partial charge in [0.2, 0.25) is 0 Å². The predicted octanol–water partition coefficient (Wildman–Crippen LogP) is 5.23. The van der Waals surface area contributed by atoms with Gasteiger partial charge in [-0.2, -0.15) is 13.2 Å². The quantitative estimate of drug-likeness (QED) is 0.687. The van der Waals surface area contributed by atoms with Crippen molar-refractivity contribution in [3.05, 3.63) is 54.1 Å². The van der Waals surface area contributed by atoms with Gasteiger partial charge in [-0.25, -0.2) is 0 Å². The molecule has 2 aromatic carbocycles. The first-order valence-corrected chi connectivity index (χ1v) is 8.48. The van der Waals surface area contributed by atoms with Gasteiger partial charge in [-0.05, 0) is 36.4 Å². The summed E-state index contributed by atoms with van der Waals surface area (Å²) in [6.45, 7) is 5.39. The molecule has 0 aliphatic carbocycles. The van der Waals surface area contributed by atoms with Crippen LogP contribution in [0.15, 0.2) is 58.3 Å². The molecule has 2 aromatic rings. The maximum Gasteiger partial charge on any atom is 0.416 e. The highest BCUT2D eigenvalue weighted by molar-refractivity contribution is 7.99. The number of benzene rings is 2. The third kappa shape index (κ3) is 5.76. The largest absolute Gasteiger partial charge is 0.491 e. The van der Waals surface area contributed by atoms with Crippen molar-refractivity contribution in [2.45, 2.75) is 35.9 Å². The first kappa shape index (κ1) is 18.7. The Balaban J connectivity index is 2.02. The molecule has 1 N–H and O–H groups in total. The fourth-order valence-corrected chi connectivity index (χ4v) is 2.90. The average molecular weight is 355 g/mol. The lowest BCUT2D eigenvalue weighted by Crippen LogP contribution is -2.27. The van der Waals surface area contributed by atoms with Crippen molar-refractivity contribution >= 4 is 11.8 Å². The number of para-hydroxylation sites is 1. The molecular weight excluding hydrogens is 335 g/mol. The minimum absolute atomic E-state index is 0.394. The van der Waals surface area contributed by atoms with E-state index in [9.17, 15) is 13.2 Å². The van der Waals surface area contributed by atoms with Crippen LogP contribution in [0.4, 0.5) is 13.2 Å². The summed E-state index contributed by atoms with van der Waals surface area (Å²) in [5.41, 5.74) is -0.642. The zero-order valence-corrected chi connectivity index (χ0v) is 14.4. The molecule has 0 bridgehead atoms. The lowest BCUT2D eigenvalue weighted by atomic mass is 10.2. The van der Waals surface area contributed by atoms with Crippen molar-refractivity contribution in [3.8, 4) is 5.75 Å². The highest BCUT2D eigenvalue weighted by atomic mass is 32.2. The first-order chi connectivity index (χ1) is 11.4. The molecule has 0 atom stereocenters. The Morgan fingerprint density at radius 2 is 1.71 bits per heavy atom. The van der Waals surface area contributed by atoms with Crippen LogP contribution in [0.2, 0.25) is 0 Å². The molecule has 0 saturated heterocycles. The van der Waals surface area contributed by atoms with Gasteiger partial charge in [-0.15, -0.1) is 0 Å². The summed E-state index contributed by atoms with van der Waals surface area (Å²) < 4.78 is 43.6.